The predicted molar refractivity (Wildman–Crippen MR) is 105 cm³/mol. The van der Waals surface area contributed by atoms with Gasteiger partial charge in [0.1, 0.15) is 6.54 Å². The van der Waals surface area contributed by atoms with Gasteiger partial charge in [-0.25, -0.2) is 0 Å². The van der Waals surface area contributed by atoms with Gasteiger partial charge in [0, 0.05) is 49.2 Å². The third kappa shape index (κ3) is 3.11. The van der Waals surface area contributed by atoms with Crippen LogP contribution in [0.4, 0.5) is 0 Å². The van der Waals surface area contributed by atoms with Crippen molar-refractivity contribution in [2.75, 3.05) is 14.1 Å². The topological polar surface area (TPSA) is 51.0 Å². The Morgan fingerprint density at radius 2 is 1.81 bits per heavy atom. The lowest BCUT2D eigenvalue weighted by Crippen LogP contribution is -2.26. The normalized spacial score (nSPS) is 11.0. The minimum atomic E-state index is 0.0198. The summed E-state index contributed by atoms with van der Waals surface area (Å²) in [6.07, 6.45) is 7.51. The van der Waals surface area contributed by atoms with Crippen LogP contribution in [-0.4, -0.2) is 39.7 Å². The third-order valence-electron chi connectivity index (χ3n) is 4.34. The molecule has 0 radical (unpaired) electrons. The van der Waals surface area contributed by atoms with Crippen molar-refractivity contribution in [2.24, 2.45) is 0 Å². The van der Waals surface area contributed by atoms with Gasteiger partial charge in [-0.05, 0) is 22.6 Å². The molecule has 0 bridgehead atoms. The van der Waals surface area contributed by atoms with Crippen LogP contribution in [0.25, 0.3) is 32.3 Å². The lowest BCUT2D eigenvalue weighted by Gasteiger charge is -2.09. The Hall–Kier alpha value is -2.99. The zero-order valence-electron chi connectivity index (χ0n) is 14.6. The summed E-state index contributed by atoms with van der Waals surface area (Å²) < 4.78 is 2.86. The first-order valence-corrected chi connectivity index (χ1v) is 9.14. The Labute approximate surface area is 155 Å². The summed E-state index contributed by atoms with van der Waals surface area (Å²) in [4.78, 5) is 17.7. The lowest BCUT2D eigenvalue weighted by atomic mass is 10.0. The molecule has 5 nitrogen and oxygen atoms in total. The highest BCUT2D eigenvalue weighted by Crippen LogP contribution is 2.31. The van der Waals surface area contributed by atoms with Gasteiger partial charge in [-0.1, -0.05) is 24.3 Å². The fourth-order valence-corrected chi connectivity index (χ4v) is 3.62. The summed E-state index contributed by atoms with van der Waals surface area (Å²) in [5.41, 5.74) is 4.35. The number of thiophene rings is 1. The molecule has 1 amide bonds. The maximum absolute atomic E-state index is 11.8. The SMILES string of the molecule is CN(C)C(=O)Cn1cc(-c2ccc(-c3cncc4sccc34)cc2)cn1. The first-order chi connectivity index (χ1) is 12.6. The molecule has 6 heteroatoms. The molecule has 0 aliphatic carbocycles. The van der Waals surface area contributed by atoms with E-state index in [1.54, 1.807) is 41.2 Å². The first-order valence-electron chi connectivity index (χ1n) is 8.26. The summed E-state index contributed by atoms with van der Waals surface area (Å²) >= 11 is 1.70. The Kier molecular flexibility index (Phi) is 4.26. The zero-order chi connectivity index (χ0) is 18.1. The molecule has 0 fully saturated rings. The van der Waals surface area contributed by atoms with Crippen LogP contribution >= 0.6 is 11.3 Å². The molecule has 0 aliphatic heterocycles. The van der Waals surface area contributed by atoms with Gasteiger partial charge in [-0.3, -0.25) is 14.5 Å². The number of carbonyl (C=O) groups excluding carboxylic acids is 1. The van der Waals surface area contributed by atoms with Gasteiger partial charge in [-0.15, -0.1) is 11.3 Å². The summed E-state index contributed by atoms with van der Waals surface area (Å²) in [5.74, 6) is 0.0198. The maximum atomic E-state index is 11.8. The number of benzene rings is 1. The average molecular weight is 362 g/mol. The second kappa shape index (κ2) is 6.72. The van der Waals surface area contributed by atoms with Crippen molar-refractivity contribution < 1.29 is 4.79 Å². The molecule has 0 saturated heterocycles. The van der Waals surface area contributed by atoms with Gasteiger partial charge in [0.15, 0.2) is 0 Å². The minimum Gasteiger partial charge on any atom is -0.347 e. The Bertz CT molecular complexity index is 1060. The van der Waals surface area contributed by atoms with E-state index in [9.17, 15) is 4.79 Å². The Morgan fingerprint density at radius 3 is 2.58 bits per heavy atom. The summed E-state index contributed by atoms with van der Waals surface area (Å²) in [6, 6.07) is 10.5. The zero-order valence-corrected chi connectivity index (χ0v) is 15.4. The highest BCUT2D eigenvalue weighted by atomic mass is 32.1. The number of aromatic nitrogens is 3. The quantitative estimate of drug-likeness (QED) is 0.553. The molecule has 4 aromatic rings. The number of hydrogen-bond donors (Lipinski definition) is 0. The number of pyridine rings is 1. The molecule has 0 aliphatic rings. The second-order valence-electron chi connectivity index (χ2n) is 6.31. The monoisotopic (exact) mass is 362 g/mol. The molecule has 26 heavy (non-hydrogen) atoms. The van der Waals surface area contributed by atoms with Gasteiger partial charge in [0.05, 0.1) is 10.9 Å². The molecular formula is C20H18N4OS. The number of amides is 1. The van der Waals surface area contributed by atoms with Gasteiger partial charge in [0.25, 0.3) is 0 Å². The van der Waals surface area contributed by atoms with Crippen LogP contribution in [-0.2, 0) is 11.3 Å². The van der Waals surface area contributed by atoms with Crippen LogP contribution in [0, 0.1) is 0 Å². The molecule has 0 atom stereocenters. The van der Waals surface area contributed by atoms with Crippen molar-refractivity contribution in [1.29, 1.82) is 0 Å². The molecule has 0 saturated carbocycles. The molecular weight excluding hydrogens is 344 g/mol. The Morgan fingerprint density at radius 1 is 1.04 bits per heavy atom. The molecule has 3 aromatic heterocycles. The summed E-state index contributed by atoms with van der Waals surface area (Å²) in [5, 5.41) is 7.61. The van der Waals surface area contributed by atoms with Crippen LogP contribution in [0.2, 0.25) is 0 Å². The lowest BCUT2D eigenvalue weighted by molar-refractivity contribution is -0.129. The molecule has 130 valence electrons. The fraction of sp³-hybridized carbons (Fsp3) is 0.150. The van der Waals surface area contributed by atoms with Gasteiger partial charge in [-0.2, -0.15) is 5.10 Å². The van der Waals surface area contributed by atoms with E-state index in [1.165, 1.54) is 10.1 Å². The number of nitrogens with zero attached hydrogens (tertiary/aromatic N) is 4. The van der Waals surface area contributed by atoms with Crippen LogP contribution in [0.3, 0.4) is 0 Å². The van der Waals surface area contributed by atoms with E-state index in [2.05, 4.69) is 45.8 Å². The van der Waals surface area contributed by atoms with E-state index in [0.29, 0.717) is 0 Å². The molecule has 0 unspecified atom stereocenters. The van der Waals surface area contributed by atoms with Crippen molar-refractivity contribution in [1.82, 2.24) is 19.7 Å². The van der Waals surface area contributed by atoms with E-state index < -0.39 is 0 Å². The van der Waals surface area contributed by atoms with Crippen molar-refractivity contribution in [3.8, 4) is 22.3 Å². The number of carbonyl (C=O) groups is 1. The van der Waals surface area contributed by atoms with Crippen LogP contribution in [0.1, 0.15) is 0 Å². The van der Waals surface area contributed by atoms with Crippen LogP contribution in [0.15, 0.2) is 60.5 Å². The molecule has 0 N–H and O–H groups in total. The molecule has 1 aromatic carbocycles. The standard InChI is InChI=1S/C20H18N4OS/c1-23(2)20(25)13-24-12-16(9-22-24)14-3-5-15(6-4-14)18-10-21-11-19-17(18)7-8-26-19/h3-12H,13H2,1-2H3. The maximum Gasteiger partial charge on any atom is 0.243 e. The first kappa shape index (κ1) is 16.5. The largest absolute Gasteiger partial charge is 0.347 e. The number of likely N-dealkylation sites (N-methyl/N-ethyl adjacent to an activating group) is 1. The van der Waals surface area contributed by atoms with Crippen molar-refractivity contribution >= 4 is 27.3 Å². The number of hydrogen-bond acceptors (Lipinski definition) is 4. The van der Waals surface area contributed by atoms with Gasteiger partial charge in [0.2, 0.25) is 5.91 Å². The van der Waals surface area contributed by atoms with E-state index in [1.807, 2.05) is 18.6 Å². The average Bonchev–Trinajstić information content (AvgIpc) is 3.30. The van der Waals surface area contributed by atoms with Crippen LogP contribution < -0.4 is 0 Å². The molecule has 0 spiro atoms. The van der Waals surface area contributed by atoms with Gasteiger partial charge >= 0.3 is 0 Å². The molecule has 4 rings (SSSR count). The Balaban J connectivity index is 1.60. The van der Waals surface area contributed by atoms with Crippen molar-refractivity contribution in [3.63, 3.8) is 0 Å². The third-order valence-corrected chi connectivity index (χ3v) is 5.19. The summed E-state index contributed by atoms with van der Waals surface area (Å²) in [6.45, 7) is 0.247. The van der Waals surface area contributed by atoms with E-state index in [-0.39, 0.29) is 12.5 Å². The predicted octanol–water partition coefficient (Wildman–Crippen LogP) is 3.92. The van der Waals surface area contributed by atoms with Crippen LogP contribution in [0.5, 0.6) is 0 Å². The fourth-order valence-electron chi connectivity index (χ4n) is 2.84. The van der Waals surface area contributed by atoms with E-state index >= 15 is 0 Å². The molecule has 3 heterocycles. The van der Waals surface area contributed by atoms with Crippen molar-refractivity contribution in [2.45, 2.75) is 6.54 Å². The van der Waals surface area contributed by atoms with Crippen molar-refractivity contribution in [3.05, 3.63) is 60.5 Å². The number of fused-ring (bicyclic) bond motifs is 1. The van der Waals surface area contributed by atoms with E-state index in [0.717, 1.165) is 22.3 Å². The number of rotatable bonds is 4. The second-order valence-corrected chi connectivity index (χ2v) is 7.26. The minimum absolute atomic E-state index is 0.0198. The highest BCUT2D eigenvalue weighted by molar-refractivity contribution is 7.17. The van der Waals surface area contributed by atoms with E-state index in [4.69, 9.17) is 0 Å². The summed E-state index contributed by atoms with van der Waals surface area (Å²) in [7, 11) is 3.49. The highest BCUT2D eigenvalue weighted by Gasteiger charge is 2.09. The smallest absolute Gasteiger partial charge is 0.243 e. The van der Waals surface area contributed by atoms with Gasteiger partial charge < -0.3 is 4.90 Å².